The molecule has 0 aliphatic heterocycles. The van der Waals surface area contributed by atoms with E-state index in [2.05, 4.69) is 0 Å². The van der Waals surface area contributed by atoms with Crippen LogP contribution in [-0.2, 0) is 9.84 Å². The first kappa shape index (κ1) is 16.0. The van der Waals surface area contributed by atoms with Crippen molar-refractivity contribution in [2.75, 3.05) is 18.6 Å². The van der Waals surface area contributed by atoms with E-state index in [0.29, 0.717) is 22.8 Å². The van der Waals surface area contributed by atoms with Crippen molar-refractivity contribution in [1.82, 2.24) is 0 Å². The van der Waals surface area contributed by atoms with Crippen molar-refractivity contribution in [2.24, 2.45) is 0 Å². The zero-order valence-electron chi connectivity index (χ0n) is 11.0. The summed E-state index contributed by atoms with van der Waals surface area (Å²) in [4.78, 5) is 12.0. The number of hydrogen-bond acceptors (Lipinski definition) is 4. The van der Waals surface area contributed by atoms with Crippen molar-refractivity contribution in [3.63, 3.8) is 0 Å². The van der Waals surface area contributed by atoms with Gasteiger partial charge in [-0.2, -0.15) is 0 Å². The maximum atomic E-state index is 12.0. The Kier molecular flexibility index (Phi) is 5.82. The third-order valence-electron chi connectivity index (χ3n) is 2.76. The summed E-state index contributed by atoms with van der Waals surface area (Å²) >= 11 is 5.84. The Hall–Kier alpha value is -1.07. The lowest BCUT2D eigenvalue weighted by Gasteiger charge is -2.08. The maximum Gasteiger partial charge on any atom is 0.166 e. The molecule has 0 fully saturated rings. The van der Waals surface area contributed by atoms with Gasteiger partial charge in [-0.25, -0.2) is 8.42 Å². The van der Waals surface area contributed by atoms with Crippen LogP contribution in [0.5, 0.6) is 5.75 Å². The van der Waals surface area contributed by atoms with Crippen molar-refractivity contribution in [3.05, 3.63) is 28.8 Å². The lowest BCUT2D eigenvalue weighted by molar-refractivity contribution is 0.0979. The fraction of sp³-hybridized carbons (Fsp3) is 0.462. The van der Waals surface area contributed by atoms with Crippen LogP contribution in [0.15, 0.2) is 18.2 Å². The molecule has 1 aromatic carbocycles. The second-order valence-corrected chi connectivity index (χ2v) is 7.02. The number of benzene rings is 1. The summed E-state index contributed by atoms with van der Waals surface area (Å²) in [5, 5.41) is 0.449. The van der Waals surface area contributed by atoms with Gasteiger partial charge in [0.2, 0.25) is 0 Å². The van der Waals surface area contributed by atoms with Gasteiger partial charge in [-0.15, -0.1) is 0 Å². The van der Waals surface area contributed by atoms with Crippen LogP contribution in [0.4, 0.5) is 0 Å². The third kappa shape index (κ3) is 4.84. The van der Waals surface area contributed by atoms with Crippen LogP contribution in [0.3, 0.4) is 0 Å². The lowest BCUT2D eigenvalue weighted by atomic mass is 10.1. The van der Waals surface area contributed by atoms with Gasteiger partial charge >= 0.3 is 0 Å². The number of sulfone groups is 1. The molecule has 1 aromatic rings. The summed E-state index contributed by atoms with van der Waals surface area (Å²) in [5.74, 6) is 0.415. The van der Waals surface area contributed by atoms with Crippen molar-refractivity contribution < 1.29 is 17.9 Å². The van der Waals surface area contributed by atoms with Crippen molar-refractivity contribution in [3.8, 4) is 5.75 Å². The molecule has 0 aliphatic rings. The third-order valence-corrected chi connectivity index (χ3v) is 4.79. The summed E-state index contributed by atoms with van der Waals surface area (Å²) in [6.45, 7) is 1.59. The van der Waals surface area contributed by atoms with Gasteiger partial charge < -0.3 is 4.74 Å². The number of halogens is 1. The molecule has 0 N–H and O–H groups in total. The number of ether oxygens (including phenoxy) is 1. The van der Waals surface area contributed by atoms with Gasteiger partial charge in [0.25, 0.3) is 0 Å². The van der Waals surface area contributed by atoms with E-state index in [1.807, 2.05) is 0 Å². The number of hydrogen-bond donors (Lipinski definition) is 0. The molecule has 106 valence electrons. The number of carbonyl (C=O) groups is 1. The Morgan fingerprint density at radius 1 is 1.37 bits per heavy atom. The first-order chi connectivity index (χ1) is 8.89. The van der Waals surface area contributed by atoms with Crippen LogP contribution in [-0.4, -0.2) is 32.8 Å². The molecule has 19 heavy (non-hydrogen) atoms. The molecule has 0 aromatic heterocycles. The van der Waals surface area contributed by atoms with Crippen LogP contribution in [0, 0.1) is 0 Å². The highest BCUT2D eigenvalue weighted by molar-refractivity contribution is 7.91. The van der Waals surface area contributed by atoms with E-state index in [1.54, 1.807) is 19.1 Å². The first-order valence-corrected chi connectivity index (χ1v) is 8.16. The second-order valence-electron chi connectivity index (χ2n) is 4.11. The zero-order valence-corrected chi connectivity index (χ0v) is 12.6. The molecule has 0 aliphatic carbocycles. The zero-order chi connectivity index (χ0) is 14.5. The minimum atomic E-state index is -3.03. The largest absolute Gasteiger partial charge is 0.496 e. The molecule has 0 spiro atoms. The van der Waals surface area contributed by atoms with E-state index >= 15 is 0 Å². The lowest BCUT2D eigenvalue weighted by Crippen LogP contribution is -2.11. The average molecular weight is 305 g/mol. The summed E-state index contributed by atoms with van der Waals surface area (Å²) in [7, 11) is -1.56. The smallest absolute Gasteiger partial charge is 0.166 e. The minimum Gasteiger partial charge on any atom is -0.496 e. The fourth-order valence-electron chi connectivity index (χ4n) is 1.63. The molecule has 0 saturated carbocycles. The van der Waals surface area contributed by atoms with Gasteiger partial charge in [0.15, 0.2) is 5.78 Å². The van der Waals surface area contributed by atoms with Crippen molar-refractivity contribution in [1.29, 1.82) is 0 Å². The van der Waals surface area contributed by atoms with Crippen LogP contribution in [0.1, 0.15) is 30.1 Å². The van der Waals surface area contributed by atoms with Gasteiger partial charge in [0.1, 0.15) is 15.6 Å². The minimum absolute atomic E-state index is 0.0259. The van der Waals surface area contributed by atoms with E-state index in [1.165, 1.54) is 13.2 Å². The van der Waals surface area contributed by atoms with Gasteiger partial charge in [-0.1, -0.05) is 18.5 Å². The summed E-state index contributed by atoms with van der Waals surface area (Å²) in [6.07, 6.45) is 0.473. The van der Waals surface area contributed by atoms with Crippen molar-refractivity contribution >= 4 is 27.2 Å². The molecule has 1 rings (SSSR count). The number of ketones is 1. The molecular weight excluding hydrogens is 288 g/mol. The standard InChI is InChI=1S/C13H17ClO4S/c1-3-19(16,17)8-4-5-12(15)11-9-10(14)6-7-13(11)18-2/h6-7,9H,3-5,8H2,1-2H3. The monoisotopic (exact) mass is 304 g/mol. The van der Waals surface area contributed by atoms with Gasteiger partial charge in [0.05, 0.1) is 18.4 Å². The number of rotatable bonds is 7. The quantitative estimate of drug-likeness (QED) is 0.727. The Morgan fingerprint density at radius 3 is 2.63 bits per heavy atom. The maximum absolute atomic E-state index is 12.0. The molecule has 0 heterocycles. The molecule has 0 atom stereocenters. The second kappa shape index (κ2) is 6.91. The van der Waals surface area contributed by atoms with Crippen LogP contribution in [0.2, 0.25) is 5.02 Å². The topological polar surface area (TPSA) is 60.4 Å². The highest BCUT2D eigenvalue weighted by Gasteiger charge is 2.14. The Bertz CT molecular complexity index is 552. The van der Waals surface area contributed by atoms with E-state index in [9.17, 15) is 13.2 Å². The molecule has 4 nitrogen and oxygen atoms in total. The Morgan fingerprint density at radius 2 is 2.05 bits per heavy atom. The predicted octanol–water partition coefficient (Wildman–Crippen LogP) is 2.75. The van der Waals surface area contributed by atoms with Crippen molar-refractivity contribution in [2.45, 2.75) is 19.8 Å². The molecule has 0 bridgehead atoms. The van der Waals surface area contributed by atoms with E-state index in [-0.39, 0.29) is 23.7 Å². The Labute approximate surface area is 118 Å². The van der Waals surface area contributed by atoms with Crippen LogP contribution >= 0.6 is 11.6 Å². The predicted molar refractivity (Wildman–Crippen MR) is 75.9 cm³/mol. The number of Topliss-reactive ketones (excluding diaryl/α,β-unsaturated/α-hetero) is 1. The normalized spacial score (nSPS) is 11.3. The van der Waals surface area contributed by atoms with Gasteiger partial charge in [-0.3, -0.25) is 4.79 Å². The van der Waals surface area contributed by atoms with E-state index in [0.717, 1.165) is 0 Å². The molecule has 6 heteroatoms. The summed E-state index contributed by atoms with van der Waals surface area (Å²) in [5.41, 5.74) is 0.392. The summed E-state index contributed by atoms with van der Waals surface area (Å²) in [6, 6.07) is 4.80. The van der Waals surface area contributed by atoms with Crippen LogP contribution < -0.4 is 4.74 Å². The average Bonchev–Trinajstić information content (AvgIpc) is 2.38. The molecule has 0 amide bonds. The summed E-state index contributed by atoms with van der Waals surface area (Å²) < 4.78 is 27.8. The molecular formula is C13H17ClO4S. The highest BCUT2D eigenvalue weighted by atomic mass is 35.5. The first-order valence-electron chi connectivity index (χ1n) is 5.96. The SMILES string of the molecule is CCS(=O)(=O)CCCC(=O)c1cc(Cl)ccc1OC. The van der Waals surface area contributed by atoms with Gasteiger partial charge in [-0.05, 0) is 24.6 Å². The van der Waals surface area contributed by atoms with E-state index < -0.39 is 9.84 Å². The molecule has 0 unspecified atom stereocenters. The number of carbonyl (C=O) groups excluding carboxylic acids is 1. The fourth-order valence-corrected chi connectivity index (χ4v) is 2.67. The molecule has 0 saturated heterocycles. The van der Waals surface area contributed by atoms with E-state index in [4.69, 9.17) is 16.3 Å². The highest BCUT2D eigenvalue weighted by Crippen LogP contribution is 2.24. The Balaban J connectivity index is 2.71. The number of methoxy groups -OCH3 is 1. The van der Waals surface area contributed by atoms with Gasteiger partial charge in [0, 0.05) is 17.2 Å². The van der Waals surface area contributed by atoms with Crippen LogP contribution in [0.25, 0.3) is 0 Å². The molecule has 0 radical (unpaired) electrons.